The molecule has 0 saturated carbocycles. The Morgan fingerprint density at radius 3 is 2.35 bits per heavy atom. The molecule has 0 saturated heterocycles. The molecule has 0 radical (unpaired) electrons. The van der Waals surface area contributed by atoms with Gasteiger partial charge in [-0.2, -0.15) is 0 Å². The summed E-state index contributed by atoms with van der Waals surface area (Å²) in [5.74, 6) is 0.570. The maximum absolute atomic E-state index is 12.5. The quantitative estimate of drug-likeness (QED) is 0.663. The molecular formula is C23H30N2O. The molecule has 0 spiro atoms. The van der Waals surface area contributed by atoms with Gasteiger partial charge in [-0.05, 0) is 72.4 Å². The lowest BCUT2D eigenvalue weighted by molar-refractivity contribution is 0.248. The molecule has 3 nitrogen and oxygen atoms in total. The number of amides is 2. The van der Waals surface area contributed by atoms with Crippen LogP contribution in [0.4, 0.5) is 10.5 Å². The zero-order chi connectivity index (χ0) is 18.5. The summed E-state index contributed by atoms with van der Waals surface area (Å²) >= 11 is 0. The number of rotatable bonds is 6. The van der Waals surface area contributed by atoms with Gasteiger partial charge in [0.25, 0.3) is 0 Å². The second kappa shape index (κ2) is 8.39. The minimum Gasteiger partial charge on any atom is -0.331 e. The van der Waals surface area contributed by atoms with Crippen LogP contribution in [0.5, 0.6) is 0 Å². The van der Waals surface area contributed by atoms with E-state index in [0.29, 0.717) is 5.92 Å². The van der Waals surface area contributed by atoms with E-state index in [-0.39, 0.29) is 12.1 Å². The highest BCUT2D eigenvalue weighted by atomic mass is 16.2. The first-order valence-corrected chi connectivity index (χ1v) is 9.89. The van der Waals surface area contributed by atoms with Crippen molar-refractivity contribution in [2.45, 2.75) is 64.8 Å². The summed E-state index contributed by atoms with van der Waals surface area (Å²) in [4.78, 5) is 12.5. The largest absolute Gasteiger partial charge is 0.331 e. The lowest BCUT2D eigenvalue weighted by Gasteiger charge is -2.19. The lowest BCUT2D eigenvalue weighted by Crippen LogP contribution is -2.32. The summed E-state index contributed by atoms with van der Waals surface area (Å²) in [5.41, 5.74) is 6.18. The summed E-state index contributed by atoms with van der Waals surface area (Å²) in [6, 6.07) is 14.8. The number of fused-ring (bicyclic) bond motifs is 1. The monoisotopic (exact) mass is 350 g/mol. The second-order valence-electron chi connectivity index (χ2n) is 7.37. The molecule has 2 aromatic rings. The highest BCUT2D eigenvalue weighted by Gasteiger charge is 2.15. The molecule has 26 heavy (non-hydrogen) atoms. The number of nitrogens with one attached hydrogen (secondary N) is 2. The van der Waals surface area contributed by atoms with Gasteiger partial charge in [0, 0.05) is 5.69 Å². The Morgan fingerprint density at radius 2 is 1.65 bits per heavy atom. The van der Waals surface area contributed by atoms with E-state index in [9.17, 15) is 4.79 Å². The van der Waals surface area contributed by atoms with E-state index in [0.717, 1.165) is 36.9 Å². The first-order chi connectivity index (χ1) is 12.6. The van der Waals surface area contributed by atoms with Crippen molar-refractivity contribution in [1.82, 2.24) is 5.32 Å². The molecule has 2 aromatic carbocycles. The van der Waals surface area contributed by atoms with Crippen molar-refractivity contribution < 1.29 is 4.79 Å². The summed E-state index contributed by atoms with van der Waals surface area (Å²) in [7, 11) is 0. The molecule has 0 unspecified atom stereocenters. The Bertz CT molecular complexity index is 751. The number of aryl methyl sites for hydroxylation is 2. The van der Waals surface area contributed by atoms with Crippen LogP contribution < -0.4 is 10.6 Å². The third kappa shape index (κ3) is 4.27. The molecule has 0 bridgehead atoms. The number of anilines is 1. The van der Waals surface area contributed by atoms with Gasteiger partial charge in [0.05, 0.1) is 6.04 Å². The van der Waals surface area contributed by atoms with Crippen LogP contribution in [0.2, 0.25) is 0 Å². The van der Waals surface area contributed by atoms with Gasteiger partial charge >= 0.3 is 6.03 Å². The molecule has 0 heterocycles. The zero-order valence-electron chi connectivity index (χ0n) is 16.1. The molecule has 1 aliphatic carbocycles. The predicted octanol–water partition coefficient (Wildman–Crippen LogP) is 5.96. The van der Waals surface area contributed by atoms with Crippen LogP contribution in [-0.4, -0.2) is 6.03 Å². The van der Waals surface area contributed by atoms with Gasteiger partial charge in [0.1, 0.15) is 0 Å². The number of hydrogen-bond donors (Lipinski definition) is 2. The Kier molecular flexibility index (Phi) is 5.97. The Labute approximate surface area is 157 Å². The zero-order valence-corrected chi connectivity index (χ0v) is 16.1. The third-order valence-corrected chi connectivity index (χ3v) is 5.59. The molecule has 3 rings (SSSR count). The van der Waals surface area contributed by atoms with Crippen LogP contribution in [0.15, 0.2) is 42.5 Å². The SMILES string of the molecule is CC[C@@H](C)c1ccc([C@H](CC)NC(=O)Nc2ccc3c(c2)CCC3)cc1. The first-order valence-electron chi connectivity index (χ1n) is 9.89. The van der Waals surface area contributed by atoms with Crippen molar-refractivity contribution in [2.24, 2.45) is 0 Å². The van der Waals surface area contributed by atoms with E-state index in [1.165, 1.54) is 23.1 Å². The average Bonchev–Trinajstić information content (AvgIpc) is 3.13. The van der Waals surface area contributed by atoms with E-state index >= 15 is 0 Å². The standard InChI is InChI=1S/C23H30N2O/c1-4-16(3)17-9-11-19(12-10-17)22(5-2)25-23(26)24-21-14-13-18-7-6-8-20(18)15-21/h9-16,22H,4-8H2,1-3H3,(H2,24,25,26)/t16-,22+/m1/s1. The van der Waals surface area contributed by atoms with Crippen LogP contribution in [0.3, 0.4) is 0 Å². The van der Waals surface area contributed by atoms with Crippen molar-refractivity contribution in [3.05, 3.63) is 64.7 Å². The highest BCUT2D eigenvalue weighted by Crippen LogP contribution is 2.25. The molecule has 2 amide bonds. The average molecular weight is 351 g/mol. The summed E-state index contributed by atoms with van der Waals surface area (Å²) in [6.45, 7) is 6.55. The molecular weight excluding hydrogens is 320 g/mol. The maximum atomic E-state index is 12.5. The normalized spacial score (nSPS) is 15.2. The fraction of sp³-hybridized carbons (Fsp3) is 0.435. The van der Waals surface area contributed by atoms with Crippen molar-refractivity contribution in [1.29, 1.82) is 0 Å². The summed E-state index contributed by atoms with van der Waals surface area (Å²) < 4.78 is 0. The van der Waals surface area contributed by atoms with E-state index in [4.69, 9.17) is 0 Å². The molecule has 138 valence electrons. The van der Waals surface area contributed by atoms with Crippen molar-refractivity contribution in [3.8, 4) is 0 Å². The summed E-state index contributed by atoms with van der Waals surface area (Å²) in [6.07, 6.45) is 5.49. The van der Waals surface area contributed by atoms with Gasteiger partial charge in [0.15, 0.2) is 0 Å². The van der Waals surface area contributed by atoms with Crippen LogP contribution in [0.25, 0.3) is 0 Å². The van der Waals surface area contributed by atoms with E-state index < -0.39 is 0 Å². The fourth-order valence-electron chi connectivity index (χ4n) is 3.69. The van der Waals surface area contributed by atoms with Gasteiger partial charge in [-0.15, -0.1) is 0 Å². The molecule has 0 aliphatic heterocycles. The lowest BCUT2D eigenvalue weighted by atomic mass is 9.95. The minimum absolute atomic E-state index is 0.0235. The van der Waals surface area contributed by atoms with Gasteiger partial charge < -0.3 is 10.6 Å². The van der Waals surface area contributed by atoms with Crippen molar-refractivity contribution >= 4 is 11.7 Å². The fourth-order valence-corrected chi connectivity index (χ4v) is 3.69. The molecule has 2 atom stereocenters. The highest BCUT2D eigenvalue weighted by molar-refractivity contribution is 5.89. The third-order valence-electron chi connectivity index (χ3n) is 5.59. The summed E-state index contributed by atoms with van der Waals surface area (Å²) in [5, 5.41) is 6.11. The van der Waals surface area contributed by atoms with E-state index in [1.807, 2.05) is 6.07 Å². The number of carbonyl (C=O) groups excluding carboxylic acids is 1. The molecule has 1 aliphatic rings. The second-order valence-corrected chi connectivity index (χ2v) is 7.37. The smallest absolute Gasteiger partial charge is 0.319 e. The number of urea groups is 1. The van der Waals surface area contributed by atoms with Crippen LogP contribution in [-0.2, 0) is 12.8 Å². The Hall–Kier alpha value is -2.29. The van der Waals surface area contributed by atoms with Gasteiger partial charge in [0.2, 0.25) is 0 Å². The van der Waals surface area contributed by atoms with Gasteiger partial charge in [-0.3, -0.25) is 0 Å². The topological polar surface area (TPSA) is 41.1 Å². The molecule has 0 aromatic heterocycles. The van der Waals surface area contributed by atoms with Crippen molar-refractivity contribution in [3.63, 3.8) is 0 Å². The maximum Gasteiger partial charge on any atom is 0.319 e. The Morgan fingerprint density at radius 1 is 0.962 bits per heavy atom. The molecule has 0 fully saturated rings. The van der Waals surface area contributed by atoms with Gasteiger partial charge in [-0.25, -0.2) is 4.79 Å². The number of benzene rings is 2. The molecule has 3 heteroatoms. The first kappa shape index (κ1) is 18.5. The number of carbonyl (C=O) groups is 1. The van der Waals surface area contributed by atoms with E-state index in [2.05, 4.69) is 67.8 Å². The molecule has 2 N–H and O–H groups in total. The minimum atomic E-state index is -0.138. The van der Waals surface area contributed by atoms with Gasteiger partial charge in [-0.1, -0.05) is 51.1 Å². The predicted molar refractivity (Wildman–Crippen MR) is 109 cm³/mol. The van der Waals surface area contributed by atoms with Crippen molar-refractivity contribution in [2.75, 3.05) is 5.32 Å². The van der Waals surface area contributed by atoms with Crippen LogP contribution in [0, 0.1) is 0 Å². The van der Waals surface area contributed by atoms with E-state index in [1.54, 1.807) is 0 Å². The van der Waals surface area contributed by atoms with Crippen LogP contribution >= 0.6 is 0 Å². The Balaban J connectivity index is 1.63. The number of hydrogen-bond acceptors (Lipinski definition) is 1. The van der Waals surface area contributed by atoms with Crippen LogP contribution in [0.1, 0.15) is 74.2 Å².